The van der Waals surface area contributed by atoms with Gasteiger partial charge >= 0.3 is 5.97 Å². The Bertz CT molecular complexity index is 1520. The highest BCUT2D eigenvalue weighted by Crippen LogP contribution is 2.43. The van der Waals surface area contributed by atoms with Gasteiger partial charge in [0.15, 0.2) is 0 Å². The first-order chi connectivity index (χ1) is 20.3. The van der Waals surface area contributed by atoms with E-state index in [0.717, 1.165) is 5.57 Å². The maximum Gasteiger partial charge on any atom is 0.313 e. The molecule has 1 saturated heterocycles. The summed E-state index contributed by atoms with van der Waals surface area (Å²) in [4.78, 5) is 28.3. The average Bonchev–Trinajstić information content (AvgIpc) is 3.20. The lowest BCUT2D eigenvalue weighted by Crippen LogP contribution is -2.44. The van der Waals surface area contributed by atoms with E-state index in [-0.39, 0.29) is 40.5 Å². The molecule has 0 aromatic heterocycles. The average molecular weight is 628 g/mol. The smallest absolute Gasteiger partial charge is 0.313 e. The van der Waals surface area contributed by atoms with Crippen LogP contribution >= 0.6 is 23.2 Å². The van der Waals surface area contributed by atoms with E-state index in [1.54, 1.807) is 42.5 Å². The summed E-state index contributed by atoms with van der Waals surface area (Å²) in [5, 5.41) is 15.6. The lowest BCUT2D eigenvalue weighted by atomic mass is 9.83. The Morgan fingerprint density at radius 3 is 2.56 bits per heavy atom. The summed E-state index contributed by atoms with van der Waals surface area (Å²) in [6.07, 6.45) is 2.00. The quantitative estimate of drug-likeness (QED) is 0.272. The zero-order chi connectivity index (χ0) is 31.6. The van der Waals surface area contributed by atoms with E-state index >= 15 is 4.39 Å². The number of carbonyl (C=O) groups is 2. The number of carbonyl (C=O) groups excluding carboxylic acids is 2. The molecule has 1 fully saturated rings. The maximum atomic E-state index is 15.8. The van der Waals surface area contributed by atoms with Gasteiger partial charge < -0.3 is 25.7 Å². The van der Waals surface area contributed by atoms with E-state index < -0.39 is 29.7 Å². The van der Waals surface area contributed by atoms with Crippen LogP contribution in [0.1, 0.15) is 45.6 Å². The van der Waals surface area contributed by atoms with Crippen LogP contribution < -0.4 is 10.6 Å². The van der Waals surface area contributed by atoms with Gasteiger partial charge in [0.2, 0.25) is 5.91 Å². The molecule has 1 unspecified atom stereocenters. The fourth-order valence-electron chi connectivity index (χ4n) is 5.90. The highest BCUT2D eigenvalue weighted by Gasteiger charge is 2.50. The van der Waals surface area contributed by atoms with Crippen LogP contribution in [0.3, 0.4) is 0 Å². The van der Waals surface area contributed by atoms with Crippen LogP contribution in [0.2, 0.25) is 10.0 Å². The molecule has 3 N–H and O–H groups in total. The monoisotopic (exact) mass is 626 g/mol. The molecule has 43 heavy (non-hydrogen) atoms. The van der Waals surface area contributed by atoms with Gasteiger partial charge in [-0.1, -0.05) is 73.5 Å². The molecule has 4 atom stereocenters. The van der Waals surface area contributed by atoms with E-state index in [1.807, 2.05) is 32.6 Å². The molecule has 0 radical (unpaired) electrons. The zero-order valence-corrected chi connectivity index (χ0v) is 26.4. The third kappa shape index (κ3) is 6.81. The molecule has 4 rings (SSSR count). The number of benzene rings is 2. The molecular formula is C33H37Cl2FN4O3. The SMILES string of the molecule is C=C1[C@@H](N/C(C)=C2/C=C(C)C(C(=O)OC)CC2=N)[C@H](c2cccc(Cl)c2F)[C@H](C(=O)Nc2cccc(Cl)c2)N1CC(C)C. The van der Waals surface area contributed by atoms with Crippen LogP contribution in [0.5, 0.6) is 0 Å². The van der Waals surface area contributed by atoms with Gasteiger partial charge in [0, 0.05) is 52.3 Å². The number of anilines is 1. The Balaban J connectivity index is 1.81. The summed E-state index contributed by atoms with van der Waals surface area (Å²) in [7, 11) is 1.33. The number of nitrogens with zero attached hydrogens (tertiary/aromatic N) is 1. The minimum atomic E-state index is -0.844. The number of likely N-dealkylation sites (tertiary alicyclic amines) is 1. The minimum absolute atomic E-state index is 0.0466. The van der Waals surface area contributed by atoms with Crippen molar-refractivity contribution in [1.82, 2.24) is 10.2 Å². The Hall–Kier alpha value is -3.62. The third-order valence-electron chi connectivity index (χ3n) is 7.94. The Morgan fingerprint density at radius 1 is 1.21 bits per heavy atom. The topological polar surface area (TPSA) is 94.5 Å². The summed E-state index contributed by atoms with van der Waals surface area (Å²) in [5.74, 6) is -2.43. The van der Waals surface area contributed by atoms with Crippen molar-refractivity contribution in [3.63, 3.8) is 0 Å². The highest BCUT2D eigenvalue weighted by atomic mass is 35.5. The lowest BCUT2D eigenvalue weighted by molar-refractivity contribution is -0.143. The number of esters is 1. The molecule has 0 saturated carbocycles. The Labute approximate surface area is 262 Å². The molecule has 1 amide bonds. The van der Waals surface area contributed by atoms with E-state index in [1.165, 1.54) is 13.2 Å². The molecule has 1 heterocycles. The number of ether oxygens (including phenoxy) is 1. The molecule has 7 nitrogen and oxygen atoms in total. The Morgan fingerprint density at radius 2 is 1.91 bits per heavy atom. The predicted molar refractivity (Wildman–Crippen MR) is 170 cm³/mol. The van der Waals surface area contributed by atoms with E-state index in [0.29, 0.717) is 34.2 Å². The minimum Gasteiger partial charge on any atom is -0.469 e. The molecule has 10 heteroatoms. The second kappa shape index (κ2) is 13.3. The molecule has 0 bridgehead atoms. The van der Waals surface area contributed by atoms with Crippen molar-refractivity contribution >= 4 is 46.5 Å². The number of allylic oxidation sites excluding steroid dienone is 3. The van der Waals surface area contributed by atoms with Crippen molar-refractivity contribution < 1.29 is 18.7 Å². The molecule has 1 aliphatic carbocycles. The normalized spacial score (nSPS) is 23.3. The summed E-state index contributed by atoms with van der Waals surface area (Å²) >= 11 is 12.4. The first-order valence-electron chi connectivity index (χ1n) is 14.1. The van der Waals surface area contributed by atoms with Crippen LogP contribution in [-0.2, 0) is 14.3 Å². The van der Waals surface area contributed by atoms with E-state index in [2.05, 4.69) is 17.2 Å². The van der Waals surface area contributed by atoms with Gasteiger partial charge in [0.05, 0.1) is 24.1 Å². The van der Waals surface area contributed by atoms with Gasteiger partial charge in [-0.3, -0.25) is 9.59 Å². The van der Waals surface area contributed by atoms with Crippen LogP contribution in [0.15, 0.2) is 77.7 Å². The van der Waals surface area contributed by atoms with Crippen molar-refractivity contribution in [1.29, 1.82) is 5.41 Å². The second-order valence-electron chi connectivity index (χ2n) is 11.5. The van der Waals surface area contributed by atoms with Crippen LogP contribution in [0, 0.1) is 23.1 Å². The van der Waals surface area contributed by atoms with Gasteiger partial charge in [-0.05, 0) is 49.6 Å². The number of nitrogens with one attached hydrogen (secondary N) is 3. The predicted octanol–water partition coefficient (Wildman–Crippen LogP) is 7.10. The third-order valence-corrected chi connectivity index (χ3v) is 8.47. The van der Waals surface area contributed by atoms with Crippen molar-refractivity contribution in [2.45, 2.75) is 52.1 Å². The standard InChI is InChI=1S/C33H37Cl2FN4O3/c1-17(2)16-40-20(5)30(38-19(4)25-13-18(3)24(15-27(25)37)33(42)43-6)28(23-11-8-12-26(35)29(23)36)31(40)32(41)39-22-10-7-9-21(34)14-22/h7-14,17,24,28,30-31,37-38H,5,15-16H2,1-4,6H3,(H,39,41)/b25-19-,37-27?/t24?,28-,30+,31+/m0/s1. The van der Waals surface area contributed by atoms with Gasteiger partial charge in [-0.15, -0.1) is 0 Å². The summed E-state index contributed by atoms with van der Waals surface area (Å²) in [6, 6.07) is 10.2. The van der Waals surface area contributed by atoms with E-state index in [4.69, 9.17) is 33.3 Å². The number of hydrogen-bond acceptors (Lipinski definition) is 6. The molecule has 228 valence electrons. The number of halogens is 3. The molecule has 1 aliphatic heterocycles. The Kier molecular flexibility index (Phi) is 10.0. The number of methoxy groups -OCH3 is 1. The van der Waals surface area contributed by atoms with Crippen LogP contribution in [0.25, 0.3) is 0 Å². The molecular weight excluding hydrogens is 590 g/mol. The fourth-order valence-corrected chi connectivity index (χ4v) is 6.27. The van der Waals surface area contributed by atoms with Gasteiger partial charge in [-0.2, -0.15) is 0 Å². The highest BCUT2D eigenvalue weighted by molar-refractivity contribution is 6.31. The van der Waals surface area contributed by atoms with Gasteiger partial charge in [0.1, 0.15) is 11.9 Å². The molecule has 2 aromatic rings. The van der Waals surface area contributed by atoms with Crippen LogP contribution in [-0.4, -0.2) is 48.2 Å². The van der Waals surface area contributed by atoms with Gasteiger partial charge in [-0.25, -0.2) is 4.39 Å². The number of hydrogen-bond donors (Lipinski definition) is 3. The van der Waals surface area contributed by atoms with Crippen molar-refractivity contribution in [2.24, 2.45) is 11.8 Å². The summed E-state index contributed by atoms with van der Waals surface area (Å²) in [6.45, 7) is 12.6. The summed E-state index contributed by atoms with van der Waals surface area (Å²) in [5.41, 5.74) is 3.72. The van der Waals surface area contributed by atoms with E-state index in [9.17, 15) is 9.59 Å². The largest absolute Gasteiger partial charge is 0.469 e. The fraction of sp³-hybridized carbons (Fsp3) is 0.364. The molecule has 0 spiro atoms. The molecule has 2 aliphatic rings. The van der Waals surface area contributed by atoms with Crippen molar-refractivity contribution in [2.75, 3.05) is 19.0 Å². The van der Waals surface area contributed by atoms with Gasteiger partial charge in [0.25, 0.3) is 0 Å². The van der Waals surface area contributed by atoms with Crippen molar-refractivity contribution in [3.8, 4) is 0 Å². The number of amides is 1. The molecule has 2 aromatic carbocycles. The first-order valence-corrected chi connectivity index (χ1v) is 14.9. The first kappa shape index (κ1) is 32.3. The summed E-state index contributed by atoms with van der Waals surface area (Å²) < 4.78 is 20.7. The zero-order valence-electron chi connectivity index (χ0n) is 24.9. The van der Waals surface area contributed by atoms with Crippen LogP contribution in [0.4, 0.5) is 10.1 Å². The lowest BCUT2D eigenvalue weighted by Gasteiger charge is -2.30. The number of rotatable bonds is 8. The maximum absolute atomic E-state index is 15.8. The van der Waals surface area contributed by atoms with Crippen molar-refractivity contribution in [3.05, 3.63) is 99.1 Å². The second-order valence-corrected chi connectivity index (χ2v) is 12.3.